The third kappa shape index (κ3) is 3.36. The standard InChI is InChI=1S/C10H13NO2/c1-11(13)8-7-10(12)9-5-3-2-4-6-9/h2-6,13H,7-8H2,1H3. The van der Waals surface area contributed by atoms with Crippen LogP contribution in [0.1, 0.15) is 16.8 Å². The van der Waals surface area contributed by atoms with Gasteiger partial charge in [0.25, 0.3) is 0 Å². The van der Waals surface area contributed by atoms with Crippen LogP contribution in [0.25, 0.3) is 0 Å². The van der Waals surface area contributed by atoms with Crippen LogP contribution in [-0.4, -0.2) is 29.6 Å². The zero-order valence-corrected chi connectivity index (χ0v) is 7.60. The minimum atomic E-state index is 0.0569. The topological polar surface area (TPSA) is 40.5 Å². The number of nitrogens with zero attached hydrogens (tertiary/aromatic N) is 1. The van der Waals surface area contributed by atoms with Crippen LogP contribution in [0.15, 0.2) is 30.3 Å². The van der Waals surface area contributed by atoms with Crippen LogP contribution >= 0.6 is 0 Å². The van der Waals surface area contributed by atoms with Crippen LogP contribution in [0.2, 0.25) is 0 Å². The molecule has 1 rings (SSSR count). The summed E-state index contributed by atoms with van der Waals surface area (Å²) in [5, 5.41) is 9.84. The number of benzene rings is 1. The molecule has 1 aromatic carbocycles. The Morgan fingerprint density at radius 2 is 2.00 bits per heavy atom. The maximum Gasteiger partial charge on any atom is 0.164 e. The zero-order chi connectivity index (χ0) is 9.68. The Kier molecular flexibility index (Phi) is 3.61. The van der Waals surface area contributed by atoms with E-state index in [1.807, 2.05) is 18.2 Å². The number of ketones is 1. The molecule has 1 N–H and O–H groups in total. The molecular weight excluding hydrogens is 166 g/mol. The number of carbonyl (C=O) groups is 1. The SMILES string of the molecule is CN(O)CCC(=O)c1ccccc1. The molecule has 13 heavy (non-hydrogen) atoms. The van der Waals surface area contributed by atoms with Gasteiger partial charge in [-0.15, -0.1) is 0 Å². The summed E-state index contributed by atoms with van der Waals surface area (Å²) in [5.41, 5.74) is 0.698. The van der Waals surface area contributed by atoms with E-state index in [0.717, 1.165) is 5.06 Å². The second-order valence-corrected chi connectivity index (χ2v) is 2.92. The van der Waals surface area contributed by atoms with Crippen molar-refractivity contribution in [1.82, 2.24) is 5.06 Å². The predicted octanol–water partition coefficient (Wildman–Crippen LogP) is 1.58. The lowest BCUT2D eigenvalue weighted by molar-refractivity contribution is -0.0635. The van der Waals surface area contributed by atoms with E-state index in [2.05, 4.69) is 0 Å². The van der Waals surface area contributed by atoms with Crippen LogP contribution in [0.4, 0.5) is 0 Å². The second kappa shape index (κ2) is 4.74. The van der Waals surface area contributed by atoms with Gasteiger partial charge in [0.05, 0.1) is 0 Å². The molecule has 0 aliphatic heterocycles. The Morgan fingerprint density at radius 3 is 2.54 bits per heavy atom. The summed E-state index contributed by atoms with van der Waals surface area (Å²) in [7, 11) is 1.53. The highest BCUT2D eigenvalue weighted by Crippen LogP contribution is 2.02. The van der Waals surface area contributed by atoms with Gasteiger partial charge in [-0.25, -0.2) is 0 Å². The van der Waals surface area contributed by atoms with Crippen molar-refractivity contribution in [2.24, 2.45) is 0 Å². The largest absolute Gasteiger partial charge is 0.314 e. The lowest BCUT2D eigenvalue weighted by Crippen LogP contribution is -2.17. The Hall–Kier alpha value is -1.19. The van der Waals surface area contributed by atoms with E-state index in [9.17, 15) is 4.79 Å². The molecule has 0 unspecified atom stereocenters. The molecule has 3 heteroatoms. The summed E-state index contributed by atoms with van der Waals surface area (Å²) in [5.74, 6) is 0.0569. The summed E-state index contributed by atoms with van der Waals surface area (Å²) in [6.45, 7) is 0.369. The molecule has 0 atom stereocenters. The first-order valence-electron chi connectivity index (χ1n) is 4.18. The van der Waals surface area contributed by atoms with Crippen molar-refractivity contribution in [1.29, 1.82) is 0 Å². The molecule has 0 spiro atoms. The van der Waals surface area contributed by atoms with Gasteiger partial charge >= 0.3 is 0 Å². The van der Waals surface area contributed by atoms with Crippen LogP contribution in [0, 0.1) is 0 Å². The second-order valence-electron chi connectivity index (χ2n) is 2.92. The van der Waals surface area contributed by atoms with E-state index in [1.165, 1.54) is 7.05 Å². The quantitative estimate of drug-likeness (QED) is 0.563. The van der Waals surface area contributed by atoms with Crippen LogP contribution in [0.3, 0.4) is 0 Å². The molecule has 0 heterocycles. The van der Waals surface area contributed by atoms with Crippen molar-refractivity contribution in [2.75, 3.05) is 13.6 Å². The number of hydrogen-bond donors (Lipinski definition) is 1. The lowest BCUT2D eigenvalue weighted by Gasteiger charge is -2.06. The first-order chi connectivity index (χ1) is 6.20. The van der Waals surface area contributed by atoms with E-state index < -0.39 is 0 Å². The third-order valence-corrected chi connectivity index (χ3v) is 1.76. The molecule has 0 aliphatic rings. The molecule has 0 fully saturated rings. The van der Waals surface area contributed by atoms with Crippen molar-refractivity contribution in [3.8, 4) is 0 Å². The molecule has 0 aliphatic carbocycles. The third-order valence-electron chi connectivity index (χ3n) is 1.76. The smallest absolute Gasteiger partial charge is 0.164 e. The van der Waals surface area contributed by atoms with E-state index in [0.29, 0.717) is 18.5 Å². The maximum atomic E-state index is 11.4. The summed E-state index contributed by atoms with van der Waals surface area (Å²) in [4.78, 5) is 11.4. The minimum absolute atomic E-state index is 0.0569. The summed E-state index contributed by atoms with van der Waals surface area (Å²) < 4.78 is 0. The monoisotopic (exact) mass is 179 g/mol. The molecule has 0 saturated carbocycles. The van der Waals surface area contributed by atoms with Gasteiger partial charge in [-0.3, -0.25) is 4.79 Å². The first-order valence-corrected chi connectivity index (χ1v) is 4.18. The maximum absolute atomic E-state index is 11.4. The van der Waals surface area contributed by atoms with E-state index >= 15 is 0 Å². The van der Waals surface area contributed by atoms with Gasteiger partial charge in [-0.1, -0.05) is 30.3 Å². The van der Waals surface area contributed by atoms with Crippen molar-refractivity contribution in [2.45, 2.75) is 6.42 Å². The summed E-state index contributed by atoms with van der Waals surface area (Å²) in [6, 6.07) is 9.08. The van der Waals surface area contributed by atoms with Gasteiger partial charge in [0.1, 0.15) is 0 Å². The van der Waals surface area contributed by atoms with E-state index in [1.54, 1.807) is 12.1 Å². The van der Waals surface area contributed by atoms with Crippen LogP contribution < -0.4 is 0 Å². The first kappa shape index (κ1) is 9.89. The Labute approximate surface area is 77.6 Å². The van der Waals surface area contributed by atoms with Gasteiger partial charge in [0.15, 0.2) is 5.78 Å². The number of hydrogen-bond acceptors (Lipinski definition) is 3. The number of Topliss-reactive ketones (excluding diaryl/α,β-unsaturated/α-hetero) is 1. The van der Waals surface area contributed by atoms with Gasteiger partial charge < -0.3 is 5.21 Å². The highest BCUT2D eigenvalue weighted by Gasteiger charge is 2.04. The van der Waals surface area contributed by atoms with Crippen molar-refractivity contribution >= 4 is 5.78 Å². The molecule has 0 radical (unpaired) electrons. The number of rotatable bonds is 4. The Balaban J connectivity index is 2.50. The average Bonchev–Trinajstić information content (AvgIpc) is 2.15. The molecule has 0 aromatic heterocycles. The highest BCUT2D eigenvalue weighted by atomic mass is 16.5. The van der Waals surface area contributed by atoms with Crippen LogP contribution in [0.5, 0.6) is 0 Å². The molecule has 0 amide bonds. The molecule has 0 saturated heterocycles. The molecule has 70 valence electrons. The van der Waals surface area contributed by atoms with Gasteiger partial charge in [-0.05, 0) is 0 Å². The van der Waals surface area contributed by atoms with Gasteiger partial charge in [-0.2, -0.15) is 5.06 Å². The summed E-state index contributed by atoms with van der Waals surface area (Å²) in [6.07, 6.45) is 0.344. The van der Waals surface area contributed by atoms with E-state index in [-0.39, 0.29) is 5.78 Å². The van der Waals surface area contributed by atoms with Crippen LogP contribution in [-0.2, 0) is 0 Å². The molecule has 1 aromatic rings. The Morgan fingerprint density at radius 1 is 1.38 bits per heavy atom. The predicted molar refractivity (Wildman–Crippen MR) is 49.8 cm³/mol. The molecule has 3 nitrogen and oxygen atoms in total. The fourth-order valence-electron chi connectivity index (χ4n) is 1.03. The molecule has 0 bridgehead atoms. The minimum Gasteiger partial charge on any atom is -0.314 e. The highest BCUT2D eigenvalue weighted by molar-refractivity contribution is 5.96. The van der Waals surface area contributed by atoms with Gasteiger partial charge in [0, 0.05) is 25.6 Å². The Bertz CT molecular complexity index is 270. The fourth-order valence-corrected chi connectivity index (χ4v) is 1.03. The number of hydroxylamine groups is 2. The average molecular weight is 179 g/mol. The zero-order valence-electron chi connectivity index (χ0n) is 7.60. The lowest BCUT2D eigenvalue weighted by atomic mass is 10.1. The normalized spacial score (nSPS) is 10.4. The van der Waals surface area contributed by atoms with Crippen molar-refractivity contribution < 1.29 is 10.0 Å². The molecular formula is C10H13NO2. The fraction of sp³-hybridized carbons (Fsp3) is 0.300. The van der Waals surface area contributed by atoms with Crippen molar-refractivity contribution in [3.63, 3.8) is 0 Å². The number of carbonyl (C=O) groups excluding carboxylic acids is 1. The van der Waals surface area contributed by atoms with Crippen molar-refractivity contribution in [3.05, 3.63) is 35.9 Å². The summed E-state index contributed by atoms with van der Waals surface area (Å²) >= 11 is 0. The van der Waals surface area contributed by atoms with E-state index in [4.69, 9.17) is 5.21 Å². The van der Waals surface area contributed by atoms with Gasteiger partial charge in [0.2, 0.25) is 0 Å².